The summed E-state index contributed by atoms with van der Waals surface area (Å²) in [6.45, 7) is 4.82. The van der Waals surface area contributed by atoms with Crippen molar-refractivity contribution in [1.29, 1.82) is 0 Å². The van der Waals surface area contributed by atoms with Gasteiger partial charge in [0.15, 0.2) is 0 Å². The van der Waals surface area contributed by atoms with Crippen molar-refractivity contribution in [1.82, 2.24) is 0 Å². The van der Waals surface area contributed by atoms with Crippen LogP contribution in [-0.2, 0) is 0 Å². The number of unbranched alkanes of at least 4 members (excludes halogenated alkanes) is 2. The molecular formula is C10H20O. The van der Waals surface area contributed by atoms with Crippen LogP contribution in [0.2, 0.25) is 0 Å². The van der Waals surface area contributed by atoms with Crippen molar-refractivity contribution in [2.45, 2.75) is 46.0 Å². The largest absolute Gasteiger partial charge is 0.396 e. The maximum atomic E-state index is 8.99. The van der Waals surface area contributed by atoms with E-state index in [1.165, 1.54) is 32.1 Å². The van der Waals surface area contributed by atoms with Gasteiger partial charge in [-0.05, 0) is 24.2 Å². The number of hydrogen-bond acceptors (Lipinski definition) is 1. The van der Waals surface area contributed by atoms with Gasteiger partial charge in [0.25, 0.3) is 0 Å². The zero-order valence-electron chi connectivity index (χ0n) is 7.77. The highest BCUT2D eigenvalue weighted by Crippen LogP contribution is 2.54. The van der Waals surface area contributed by atoms with Crippen molar-refractivity contribution in [3.05, 3.63) is 0 Å². The standard InChI is InChI=1S/C10H20O/c1-3-4-5-6-9-7-10(9,2)8-11/h9,11H,3-8H2,1-2H3/t9-,10+/m1/s1. The molecule has 1 N–H and O–H groups in total. The van der Waals surface area contributed by atoms with E-state index in [0.29, 0.717) is 12.0 Å². The fourth-order valence-electron chi connectivity index (χ4n) is 1.79. The van der Waals surface area contributed by atoms with Gasteiger partial charge in [-0.15, -0.1) is 0 Å². The summed E-state index contributed by atoms with van der Waals surface area (Å²) in [5.74, 6) is 0.832. The van der Waals surface area contributed by atoms with E-state index in [9.17, 15) is 0 Å². The van der Waals surface area contributed by atoms with Gasteiger partial charge < -0.3 is 5.11 Å². The molecular weight excluding hydrogens is 136 g/mol. The zero-order chi connectivity index (χ0) is 8.32. The molecule has 2 atom stereocenters. The van der Waals surface area contributed by atoms with Crippen molar-refractivity contribution in [2.75, 3.05) is 6.61 Å². The van der Waals surface area contributed by atoms with Gasteiger partial charge in [0.1, 0.15) is 0 Å². The lowest BCUT2D eigenvalue weighted by Crippen LogP contribution is -2.03. The molecule has 1 aliphatic rings. The molecule has 1 aliphatic carbocycles. The average Bonchev–Trinajstić information content (AvgIpc) is 2.64. The summed E-state index contributed by atoms with van der Waals surface area (Å²) in [6, 6.07) is 0. The Morgan fingerprint density at radius 2 is 2.18 bits per heavy atom. The molecule has 0 unspecified atom stereocenters. The average molecular weight is 156 g/mol. The summed E-state index contributed by atoms with van der Waals surface area (Å²) in [4.78, 5) is 0. The van der Waals surface area contributed by atoms with Gasteiger partial charge in [-0.3, -0.25) is 0 Å². The lowest BCUT2D eigenvalue weighted by molar-refractivity contribution is 0.209. The summed E-state index contributed by atoms with van der Waals surface area (Å²) < 4.78 is 0. The first-order valence-electron chi connectivity index (χ1n) is 4.84. The molecule has 0 bridgehead atoms. The fraction of sp³-hybridized carbons (Fsp3) is 1.00. The lowest BCUT2D eigenvalue weighted by Gasteiger charge is -2.05. The Morgan fingerprint density at radius 1 is 1.45 bits per heavy atom. The van der Waals surface area contributed by atoms with E-state index in [1.807, 2.05) is 0 Å². The van der Waals surface area contributed by atoms with Gasteiger partial charge in [-0.2, -0.15) is 0 Å². The van der Waals surface area contributed by atoms with Crippen molar-refractivity contribution in [3.8, 4) is 0 Å². The van der Waals surface area contributed by atoms with Crippen molar-refractivity contribution < 1.29 is 5.11 Å². The summed E-state index contributed by atoms with van der Waals surface area (Å²) >= 11 is 0. The molecule has 1 rings (SSSR count). The van der Waals surface area contributed by atoms with Crippen molar-refractivity contribution in [2.24, 2.45) is 11.3 Å². The highest BCUT2D eigenvalue weighted by Gasteiger charge is 2.48. The van der Waals surface area contributed by atoms with E-state index in [4.69, 9.17) is 5.11 Å². The number of aliphatic hydroxyl groups is 1. The summed E-state index contributed by atoms with van der Waals surface area (Å²) in [6.07, 6.45) is 6.62. The molecule has 0 radical (unpaired) electrons. The lowest BCUT2D eigenvalue weighted by atomic mass is 10.0. The van der Waals surface area contributed by atoms with Gasteiger partial charge >= 0.3 is 0 Å². The second-order valence-electron chi connectivity index (χ2n) is 4.21. The number of hydrogen-bond donors (Lipinski definition) is 1. The molecule has 66 valence electrons. The van der Waals surface area contributed by atoms with Crippen LogP contribution >= 0.6 is 0 Å². The van der Waals surface area contributed by atoms with Crippen LogP contribution < -0.4 is 0 Å². The maximum Gasteiger partial charge on any atom is 0.0487 e. The quantitative estimate of drug-likeness (QED) is 0.607. The topological polar surface area (TPSA) is 20.2 Å². The van der Waals surface area contributed by atoms with Gasteiger partial charge in [0, 0.05) is 6.61 Å². The molecule has 0 aromatic heterocycles. The van der Waals surface area contributed by atoms with Gasteiger partial charge in [0.2, 0.25) is 0 Å². The molecule has 11 heavy (non-hydrogen) atoms. The molecule has 0 heterocycles. The van der Waals surface area contributed by atoms with Crippen LogP contribution in [0.3, 0.4) is 0 Å². The van der Waals surface area contributed by atoms with Crippen LogP contribution in [0.25, 0.3) is 0 Å². The highest BCUT2D eigenvalue weighted by atomic mass is 16.3. The van der Waals surface area contributed by atoms with Crippen molar-refractivity contribution in [3.63, 3.8) is 0 Å². The molecule has 0 aromatic rings. The SMILES string of the molecule is CCCCC[C@@H]1C[C@@]1(C)CO. The third-order valence-electron chi connectivity index (χ3n) is 3.06. The van der Waals surface area contributed by atoms with E-state index in [0.717, 1.165) is 5.92 Å². The third-order valence-corrected chi connectivity index (χ3v) is 3.06. The van der Waals surface area contributed by atoms with E-state index in [-0.39, 0.29) is 0 Å². The predicted molar refractivity (Wildman–Crippen MR) is 47.4 cm³/mol. The van der Waals surface area contributed by atoms with Crippen LogP contribution in [0, 0.1) is 11.3 Å². The van der Waals surface area contributed by atoms with Gasteiger partial charge in [0.05, 0.1) is 0 Å². The monoisotopic (exact) mass is 156 g/mol. The molecule has 0 spiro atoms. The van der Waals surface area contributed by atoms with Crippen LogP contribution in [0.1, 0.15) is 46.0 Å². The Kier molecular flexibility index (Phi) is 2.94. The Morgan fingerprint density at radius 3 is 2.64 bits per heavy atom. The highest BCUT2D eigenvalue weighted by molar-refractivity contribution is 4.97. The summed E-state index contributed by atoms with van der Waals surface area (Å²) in [5, 5.41) is 8.99. The van der Waals surface area contributed by atoms with Crippen LogP contribution in [0.15, 0.2) is 0 Å². The Bertz CT molecular complexity index is 122. The second kappa shape index (κ2) is 3.57. The predicted octanol–water partition coefficient (Wildman–Crippen LogP) is 2.59. The number of aliphatic hydroxyl groups excluding tert-OH is 1. The first-order valence-corrected chi connectivity index (χ1v) is 4.84. The normalized spacial score (nSPS) is 35.7. The zero-order valence-corrected chi connectivity index (χ0v) is 7.77. The Hall–Kier alpha value is -0.0400. The smallest absolute Gasteiger partial charge is 0.0487 e. The minimum atomic E-state index is 0.313. The minimum Gasteiger partial charge on any atom is -0.396 e. The third kappa shape index (κ3) is 2.19. The molecule has 1 saturated carbocycles. The van der Waals surface area contributed by atoms with E-state index in [2.05, 4.69) is 13.8 Å². The van der Waals surface area contributed by atoms with Gasteiger partial charge in [-0.25, -0.2) is 0 Å². The van der Waals surface area contributed by atoms with E-state index in [1.54, 1.807) is 0 Å². The van der Waals surface area contributed by atoms with E-state index >= 15 is 0 Å². The first-order chi connectivity index (χ1) is 5.23. The Balaban J connectivity index is 2.04. The Labute approximate surface area is 69.8 Å². The van der Waals surface area contributed by atoms with Crippen LogP contribution in [0.5, 0.6) is 0 Å². The first kappa shape index (κ1) is 9.05. The molecule has 1 heteroatoms. The second-order valence-corrected chi connectivity index (χ2v) is 4.21. The van der Waals surface area contributed by atoms with E-state index < -0.39 is 0 Å². The van der Waals surface area contributed by atoms with Crippen LogP contribution in [-0.4, -0.2) is 11.7 Å². The van der Waals surface area contributed by atoms with Crippen molar-refractivity contribution >= 4 is 0 Å². The summed E-state index contributed by atoms with van der Waals surface area (Å²) in [7, 11) is 0. The van der Waals surface area contributed by atoms with Crippen LogP contribution in [0.4, 0.5) is 0 Å². The fourth-order valence-corrected chi connectivity index (χ4v) is 1.79. The molecule has 0 aromatic carbocycles. The van der Waals surface area contributed by atoms with Gasteiger partial charge in [-0.1, -0.05) is 33.1 Å². The maximum absolute atomic E-state index is 8.99. The number of rotatable bonds is 5. The molecule has 0 amide bonds. The molecule has 1 fully saturated rings. The molecule has 0 aliphatic heterocycles. The summed E-state index contributed by atoms with van der Waals surface area (Å²) in [5.41, 5.74) is 0.313. The molecule has 1 nitrogen and oxygen atoms in total. The molecule has 0 saturated heterocycles. The minimum absolute atomic E-state index is 0.313.